The highest BCUT2D eigenvalue weighted by Gasteiger charge is 2.65. The van der Waals surface area contributed by atoms with Crippen LogP contribution in [-0.2, 0) is 18.9 Å². The third kappa shape index (κ3) is 2.31. The number of fused-ring (bicyclic) bond motifs is 2. The second-order valence-corrected chi connectivity index (χ2v) is 8.25. The summed E-state index contributed by atoms with van der Waals surface area (Å²) in [6, 6.07) is 0. The van der Waals surface area contributed by atoms with Crippen molar-refractivity contribution in [3.05, 3.63) is 0 Å². The Labute approximate surface area is 142 Å². The van der Waals surface area contributed by atoms with Crippen LogP contribution in [0.5, 0.6) is 0 Å². The molecule has 5 fully saturated rings. The number of hydrogen-bond acceptors (Lipinski definition) is 6. The molecule has 0 bridgehead atoms. The van der Waals surface area contributed by atoms with Crippen molar-refractivity contribution in [2.75, 3.05) is 0 Å². The Morgan fingerprint density at radius 3 is 1.08 bits per heavy atom. The number of aliphatic hydroxyl groups excluding tert-OH is 2. The number of ether oxygens (including phenoxy) is 4. The van der Waals surface area contributed by atoms with Crippen molar-refractivity contribution in [1.82, 2.24) is 0 Å². The van der Waals surface area contributed by atoms with Gasteiger partial charge in [0.2, 0.25) is 0 Å². The molecule has 2 heterocycles. The van der Waals surface area contributed by atoms with Crippen LogP contribution in [0.4, 0.5) is 0 Å². The molecule has 5 aliphatic rings. The van der Waals surface area contributed by atoms with Crippen LogP contribution in [0, 0.1) is 0 Å². The van der Waals surface area contributed by atoms with Gasteiger partial charge in [0.15, 0.2) is 11.6 Å². The third-order valence-electron chi connectivity index (χ3n) is 6.63. The lowest BCUT2D eigenvalue weighted by molar-refractivity contribution is -0.224. The zero-order valence-electron chi connectivity index (χ0n) is 14.1. The molecule has 2 aliphatic heterocycles. The average Bonchev–Trinajstić information content (AvgIpc) is 3.14. The maximum absolute atomic E-state index is 10.9. The van der Waals surface area contributed by atoms with Gasteiger partial charge in [0.25, 0.3) is 0 Å². The van der Waals surface area contributed by atoms with Crippen molar-refractivity contribution < 1.29 is 29.2 Å². The molecule has 3 aliphatic carbocycles. The maximum atomic E-state index is 10.9. The summed E-state index contributed by atoms with van der Waals surface area (Å²) in [7, 11) is 0. The Morgan fingerprint density at radius 2 is 0.792 bits per heavy atom. The number of aliphatic hydroxyl groups is 2. The molecule has 2 N–H and O–H groups in total. The predicted octanol–water partition coefficient (Wildman–Crippen LogP) is 1.61. The van der Waals surface area contributed by atoms with Gasteiger partial charge in [-0.1, -0.05) is 12.8 Å². The molecule has 0 aromatic carbocycles. The Balaban J connectivity index is 1.38. The van der Waals surface area contributed by atoms with Gasteiger partial charge in [-0.2, -0.15) is 0 Å². The topological polar surface area (TPSA) is 77.4 Å². The molecule has 2 unspecified atom stereocenters. The predicted molar refractivity (Wildman–Crippen MR) is 83.1 cm³/mol. The van der Waals surface area contributed by atoms with Crippen LogP contribution >= 0.6 is 0 Å². The molecule has 0 amide bonds. The van der Waals surface area contributed by atoms with Crippen molar-refractivity contribution in [3.8, 4) is 0 Å². The summed E-state index contributed by atoms with van der Waals surface area (Å²) < 4.78 is 24.8. The van der Waals surface area contributed by atoms with E-state index in [-0.39, 0.29) is 0 Å². The molecule has 2 spiro atoms. The highest BCUT2D eigenvalue weighted by molar-refractivity contribution is 5.09. The van der Waals surface area contributed by atoms with Crippen LogP contribution < -0.4 is 0 Å². The monoisotopic (exact) mass is 340 g/mol. The van der Waals surface area contributed by atoms with Crippen molar-refractivity contribution in [1.29, 1.82) is 0 Å². The van der Waals surface area contributed by atoms with Gasteiger partial charge in [-0.05, 0) is 25.7 Å². The number of rotatable bonds is 0. The van der Waals surface area contributed by atoms with Crippen LogP contribution in [0.3, 0.4) is 0 Å². The van der Waals surface area contributed by atoms with E-state index in [2.05, 4.69) is 0 Å². The van der Waals surface area contributed by atoms with E-state index >= 15 is 0 Å². The summed E-state index contributed by atoms with van der Waals surface area (Å²) >= 11 is 0. The van der Waals surface area contributed by atoms with Crippen LogP contribution in [0.15, 0.2) is 0 Å². The fourth-order valence-electron chi connectivity index (χ4n) is 5.40. The molecule has 136 valence electrons. The van der Waals surface area contributed by atoms with Gasteiger partial charge in [-0.3, -0.25) is 0 Å². The molecule has 2 saturated heterocycles. The Morgan fingerprint density at radius 1 is 0.500 bits per heavy atom. The lowest BCUT2D eigenvalue weighted by Crippen LogP contribution is -2.61. The Kier molecular flexibility index (Phi) is 3.75. The second kappa shape index (κ2) is 5.63. The average molecular weight is 340 g/mol. The van der Waals surface area contributed by atoms with Crippen LogP contribution in [-0.4, -0.2) is 58.4 Å². The molecule has 0 radical (unpaired) electrons. The highest BCUT2D eigenvalue weighted by atomic mass is 16.8. The zero-order chi connectivity index (χ0) is 16.4. The van der Waals surface area contributed by atoms with Gasteiger partial charge in [0.05, 0.1) is 0 Å². The molecule has 24 heavy (non-hydrogen) atoms. The van der Waals surface area contributed by atoms with E-state index in [1.54, 1.807) is 0 Å². The van der Waals surface area contributed by atoms with E-state index in [0.717, 1.165) is 51.4 Å². The fraction of sp³-hybridized carbons (Fsp3) is 1.00. The van der Waals surface area contributed by atoms with E-state index in [1.807, 2.05) is 0 Å². The SMILES string of the molecule is OC1[C@H]2OC3(CCCCC3)O[C@@H]2C(O)[C@@H]2OC3(CCCCC3)O[C@@H]12. The van der Waals surface area contributed by atoms with Gasteiger partial charge in [0.1, 0.15) is 36.6 Å². The summed E-state index contributed by atoms with van der Waals surface area (Å²) in [6.45, 7) is 0. The lowest BCUT2D eigenvalue weighted by atomic mass is 9.85. The summed E-state index contributed by atoms with van der Waals surface area (Å²) in [4.78, 5) is 0. The van der Waals surface area contributed by atoms with Crippen molar-refractivity contribution in [2.45, 2.75) is 112 Å². The minimum atomic E-state index is -0.814. The van der Waals surface area contributed by atoms with E-state index in [4.69, 9.17) is 18.9 Å². The standard InChI is InChI=1S/C18H28O6/c19-11-13-14(22-17(21-13)7-3-1-4-8-17)12(20)16-15(11)23-18(24-16)9-5-2-6-10-18/h11-16,19-20H,1-10H2/t11?,12?,13-,14-,15+,16+. The smallest absolute Gasteiger partial charge is 0.169 e. The molecule has 6 nitrogen and oxygen atoms in total. The van der Waals surface area contributed by atoms with E-state index < -0.39 is 48.2 Å². The fourth-order valence-corrected chi connectivity index (χ4v) is 5.40. The summed E-state index contributed by atoms with van der Waals surface area (Å²) in [5.41, 5.74) is 0. The van der Waals surface area contributed by atoms with Crippen LogP contribution in [0.1, 0.15) is 64.2 Å². The lowest BCUT2D eigenvalue weighted by Gasteiger charge is -2.38. The first kappa shape index (κ1) is 16.0. The molecule has 0 aromatic heterocycles. The van der Waals surface area contributed by atoms with Gasteiger partial charge >= 0.3 is 0 Å². The molecular weight excluding hydrogens is 312 g/mol. The minimum absolute atomic E-state index is 0.526. The largest absolute Gasteiger partial charge is 0.387 e. The zero-order valence-corrected chi connectivity index (χ0v) is 14.1. The summed E-state index contributed by atoms with van der Waals surface area (Å²) in [5, 5.41) is 21.7. The highest BCUT2D eigenvalue weighted by Crippen LogP contribution is 2.50. The molecular formula is C18H28O6. The van der Waals surface area contributed by atoms with Gasteiger partial charge in [0, 0.05) is 25.7 Å². The molecule has 6 heteroatoms. The summed E-state index contributed by atoms with van der Waals surface area (Å²) in [6.07, 6.45) is 6.24. The van der Waals surface area contributed by atoms with Gasteiger partial charge < -0.3 is 29.2 Å². The van der Waals surface area contributed by atoms with Crippen molar-refractivity contribution in [2.24, 2.45) is 0 Å². The van der Waals surface area contributed by atoms with Gasteiger partial charge in [-0.25, -0.2) is 0 Å². The Hall–Kier alpha value is -0.240. The first-order chi connectivity index (χ1) is 11.6. The van der Waals surface area contributed by atoms with Crippen molar-refractivity contribution >= 4 is 0 Å². The first-order valence-electron chi connectivity index (χ1n) is 9.69. The Bertz CT molecular complexity index is 412. The van der Waals surface area contributed by atoms with Crippen LogP contribution in [0.25, 0.3) is 0 Å². The third-order valence-corrected chi connectivity index (χ3v) is 6.63. The molecule has 6 atom stereocenters. The van der Waals surface area contributed by atoms with Gasteiger partial charge in [-0.15, -0.1) is 0 Å². The summed E-state index contributed by atoms with van der Waals surface area (Å²) in [5.74, 6) is -1.26. The van der Waals surface area contributed by atoms with Crippen molar-refractivity contribution in [3.63, 3.8) is 0 Å². The molecule has 5 rings (SSSR count). The minimum Gasteiger partial charge on any atom is -0.387 e. The second-order valence-electron chi connectivity index (χ2n) is 8.25. The van der Waals surface area contributed by atoms with E-state index in [9.17, 15) is 10.2 Å². The molecule has 3 saturated carbocycles. The normalized spacial score (nSPS) is 49.2. The molecule has 0 aromatic rings. The maximum Gasteiger partial charge on any atom is 0.169 e. The first-order valence-corrected chi connectivity index (χ1v) is 9.69. The number of hydrogen-bond donors (Lipinski definition) is 2. The van der Waals surface area contributed by atoms with E-state index in [0.29, 0.717) is 0 Å². The quantitative estimate of drug-likeness (QED) is 0.698. The van der Waals surface area contributed by atoms with Crippen LogP contribution in [0.2, 0.25) is 0 Å². The van der Waals surface area contributed by atoms with E-state index in [1.165, 1.54) is 12.8 Å².